The molecule has 1 N–H and O–H groups in total. The SMILES string of the molecule is CNc1c(COc2cc(C)cc(C)c2)c(C)nn1C. The highest BCUT2D eigenvalue weighted by atomic mass is 16.5. The molecular formula is C15H21N3O. The maximum atomic E-state index is 5.90. The van der Waals surface area contributed by atoms with E-state index in [1.807, 2.05) is 25.7 Å². The highest BCUT2D eigenvalue weighted by molar-refractivity contribution is 5.47. The van der Waals surface area contributed by atoms with Crippen LogP contribution in [0.1, 0.15) is 22.4 Å². The standard InChI is InChI=1S/C15H21N3O/c1-10-6-11(2)8-13(7-10)19-9-14-12(3)17-18(5)15(14)16-4/h6-8,16H,9H2,1-5H3. The van der Waals surface area contributed by atoms with E-state index in [1.165, 1.54) is 11.1 Å². The number of ether oxygens (including phenoxy) is 1. The average molecular weight is 259 g/mol. The van der Waals surface area contributed by atoms with Crippen LogP contribution in [0.3, 0.4) is 0 Å². The van der Waals surface area contributed by atoms with Crippen molar-refractivity contribution >= 4 is 5.82 Å². The lowest BCUT2D eigenvalue weighted by Gasteiger charge is -2.10. The van der Waals surface area contributed by atoms with Gasteiger partial charge in [0.15, 0.2) is 0 Å². The molecule has 1 heterocycles. The molecule has 0 aliphatic heterocycles. The molecule has 4 heteroatoms. The summed E-state index contributed by atoms with van der Waals surface area (Å²) in [5.74, 6) is 1.91. The van der Waals surface area contributed by atoms with Gasteiger partial charge in [0.2, 0.25) is 0 Å². The smallest absolute Gasteiger partial charge is 0.130 e. The van der Waals surface area contributed by atoms with Crippen LogP contribution in [0.4, 0.5) is 5.82 Å². The fourth-order valence-electron chi connectivity index (χ4n) is 2.36. The number of nitrogens with one attached hydrogen (secondary N) is 1. The number of aromatic nitrogens is 2. The number of nitrogens with zero attached hydrogens (tertiary/aromatic N) is 2. The molecule has 102 valence electrons. The summed E-state index contributed by atoms with van der Waals surface area (Å²) in [5.41, 5.74) is 4.53. The van der Waals surface area contributed by atoms with Crippen LogP contribution in [0, 0.1) is 20.8 Å². The van der Waals surface area contributed by atoms with Crippen molar-refractivity contribution in [2.45, 2.75) is 27.4 Å². The first-order valence-electron chi connectivity index (χ1n) is 6.42. The molecule has 4 nitrogen and oxygen atoms in total. The third-order valence-electron chi connectivity index (χ3n) is 3.16. The van der Waals surface area contributed by atoms with Gasteiger partial charge in [0.25, 0.3) is 0 Å². The Morgan fingerprint density at radius 1 is 1.16 bits per heavy atom. The van der Waals surface area contributed by atoms with Gasteiger partial charge in [-0.05, 0) is 44.0 Å². The molecule has 2 aromatic rings. The second-order valence-corrected chi connectivity index (χ2v) is 4.90. The third-order valence-corrected chi connectivity index (χ3v) is 3.16. The van der Waals surface area contributed by atoms with Crippen LogP contribution in [-0.4, -0.2) is 16.8 Å². The monoisotopic (exact) mass is 259 g/mol. The highest BCUT2D eigenvalue weighted by Crippen LogP contribution is 2.22. The molecule has 0 spiro atoms. The van der Waals surface area contributed by atoms with Gasteiger partial charge in [-0.3, -0.25) is 4.68 Å². The van der Waals surface area contributed by atoms with Crippen molar-refractivity contribution in [1.82, 2.24) is 9.78 Å². The molecule has 19 heavy (non-hydrogen) atoms. The minimum Gasteiger partial charge on any atom is -0.489 e. The van der Waals surface area contributed by atoms with Crippen LogP contribution in [0.5, 0.6) is 5.75 Å². The highest BCUT2D eigenvalue weighted by Gasteiger charge is 2.12. The summed E-state index contributed by atoms with van der Waals surface area (Å²) in [7, 11) is 3.83. The first-order chi connectivity index (χ1) is 9.01. The van der Waals surface area contributed by atoms with Crippen LogP contribution in [0.15, 0.2) is 18.2 Å². The Morgan fingerprint density at radius 2 is 1.79 bits per heavy atom. The fourth-order valence-corrected chi connectivity index (χ4v) is 2.36. The first-order valence-corrected chi connectivity index (χ1v) is 6.42. The molecule has 0 saturated carbocycles. The van der Waals surface area contributed by atoms with E-state index in [9.17, 15) is 0 Å². The summed E-state index contributed by atoms with van der Waals surface area (Å²) in [4.78, 5) is 0. The van der Waals surface area contributed by atoms with Gasteiger partial charge in [-0.2, -0.15) is 5.10 Å². The fraction of sp³-hybridized carbons (Fsp3) is 0.400. The lowest BCUT2D eigenvalue weighted by atomic mass is 10.1. The maximum absolute atomic E-state index is 5.90. The number of hydrogen-bond acceptors (Lipinski definition) is 3. The molecule has 0 atom stereocenters. The van der Waals surface area contributed by atoms with Crippen molar-refractivity contribution in [3.05, 3.63) is 40.6 Å². The van der Waals surface area contributed by atoms with Crippen LogP contribution in [0.2, 0.25) is 0 Å². The number of anilines is 1. The zero-order valence-corrected chi connectivity index (χ0v) is 12.2. The van der Waals surface area contributed by atoms with Crippen LogP contribution < -0.4 is 10.1 Å². The van der Waals surface area contributed by atoms with Crippen molar-refractivity contribution in [1.29, 1.82) is 0 Å². The van der Waals surface area contributed by atoms with E-state index < -0.39 is 0 Å². The predicted molar refractivity (Wildman–Crippen MR) is 77.7 cm³/mol. The summed E-state index contributed by atoms with van der Waals surface area (Å²) in [6.07, 6.45) is 0. The number of aryl methyl sites for hydroxylation is 4. The van der Waals surface area contributed by atoms with E-state index in [0.29, 0.717) is 6.61 Å². The summed E-state index contributed by atoms with van der Waals surface area (Å²) in [6, 6.07) is 6.25. The van der Waals surface area contributed by atoms with E-state index in [2.05, 4.69) is 42.5 Å². The molecule has 1 aromatic carbocycles. The molecule has 0 radical (unpaired) electrons. The minimum atomic E-state index is 0.527. The van der Waals surface area contributed by atoms with Gasteiger partial charge in [0.05, 0.1) is 11.3 Å². The van der Waals surface area contributed by atoms with Crippen molar-refractivity contribution < 1.29 is 4.74 Å². The van der Waals surface area contributed by atoms with Crippen LogP contribution in [0.25, 0.3) is 0 Å². The normalized spacial score (nSPS) is 10.6. The maximum Gasteiger partial charge on any atom is 0.130 e. The Labute approximate surface area is 114 Å². The third kappa shape index (κ3) is 2.89. The van der Waals surface area contributed by atoms with E-state index in [0.717, 1.165) is 22.8 Å². The summed E-state index contributed by atoms with van der Waals surface area (Å²) in [5, 5.41) is 7.57. The van der Waals surface area contributed by atoms with Gasteiger partial charge >= 0.3 is 0 Å². The molecular weight excluding hydrogens is 238 g/mol. The van der Waals surface area contributed by atoms with Gasteiger partial charge in [0, 0.05) is 14.1 Å². The lowest BCUT2D eigenvalue weighted by molar-refractivity contribution is 0.305. The van der Waals surface area contributed by atoms with E-state index in [4.69, 9.17) is 4.74 Å². The van der Waals surface area contributed by atoms with Crippen molar-refractivity contribution in [3.8, 4) is 5.75 Å². The van der Waals surface area contributed by atoms with Gasteiger partial charge < -0.3 is 10.1 Å². The zero-order valence-electron chi connectivity index (χ0n) is 12.2. The Morgan fingerprint density at radius 3 is 2.37 bits per heavy atom. The topological polar surface area (TPSA) is 39.1 Å². The van der Waals surface area contributed by atoms with Gasteiger partial charge in [0.1, 0.15) is 18.2 Å². The Hall–Kier alpha value is -1.97. The van der Waals surface area contributed by atoms with Crippen LogP contribution in [-0.2, 0) is 13.7 Å². The summed E-state index contributed by atoms with van der Waals surface area (Å²) in [6.45, 7) is 6.68. The Balaban J connectivity index is 2.18. The van der Waals surface area contributed by atoms with E-state index in [1.54, 1.807) is 0 Å². The van der Waals surface area contributed by atoms with Gasteiger partial charge in [-0.1, -0.05) is 6.07 Å². The molecule has 0 unspecified atom stereocenters. The van der Waals surface area contributed by atoms with Gasteiger partial charge in [-0.15, -0.1) is 0 Å². The second-order valence-electron chi connectivity index (χ2n) is 4.90. The van der Waals surface area contributed by atoms with E-state index >= 15 is 0 Å². The molecule has 2 rings (SSSR count). The number of hydrogen-bond donors (Lipinski definition) is 1. The Bertz CT molecular complexity index is 567. The number of benzene rings is 1. The molecule has 1 aromatic heterocycles. The van der Waals surface area contributed by atoms with Crippen LogP contribution >= 0.6 is 0 Å². The number of rotatable bonds is 4. The van der Waals surface area contributed by atoms with Crippen molar-refractivity contribution in [3.63, 3.8) is 0 Å². The average Bonchev–Trinajstić information content (AvgIpc) is 2.59. The zero-order chi connectivity index (χ0) is 14.0. The largest absolute Gasteiger partial charge is 0.489 e. The van der Waals surface area contributed by atoms with Crippen molar-refractivity contribution in [2.24, 2.45) is 7.05 Å². The molecule has 0 aliphatic rings. The quantitative estimate of drug-likeness (QED) is 0.917. The Kier molecular flexibility index (Phi) is 3.79. The predicted octanol–water partition coefficient (Wildman–Crippen LogP) is 2.97. The molecule has 0 aliphatic carbocycles. The lowest BCUT2D eigenvalue weighted by Crippen LogP contribution is -2.03. The second kappa shape index (κ2) is 5.34. The van der Waals surface area contributed by atoms with E-state index in [-0.39, 0.29) is 0 Å². The first kappa shape index (κ1) is 13.5. The van der Waals surface area contributed by atoms with Crippen molar-refractivity contribution in [2.75, 3.05) is 12.4 Å². The molecule has 0 bridgehead atoms. The molecule has 0 saturated heterocycles. The van der Waals surface area contributed by atoms with Gasteiger partial charge in [-0.25, -0.2) is 0 Å². The summed E-state index contributed by atoms with van der Waals surface area (Å²) >= 11 is 0. The summed E-state index contributed by atoms with van der Waals surface area (Å²) < 4.78 is 7.74. The minimum absolute atomic E-state index is 0.527. The molecule has 0 fully saturated rings. The molecule has 0 amide bonds.